The minimum Gasteiger partial charge on any atom is -0.371 e. The van der Waals surface area contributed by atoms with Gasteiger partial charge in [0.25, 0.3) is 0 Å². The van der Waals surface area contributed by atoms with Gasteiger partial charge in [-0.2, -0.15) is 0 Å². The molecule has 0 bridgehead atoms. The Morgan fingerprint density at radius 3 is 3.15 bits per heavy atom. The molecule has 0 amide bonds. The van der Waals surface area contributed by atoms with Gasteiger partial charge in [-0.15, -0.1) is 0 Å². The van der Waals surface area contributed by atoms with Gasteiger partial charge in [-0.3, -0.25) is 4.90 Å². The van der Waals surface area contributed by atoms with Gasteiger partial charge >= 0.3 is 0 Å². The zero-order valence-corrected chi connectivity index (χ0v) is 12.6. The maximum absolute atomic E-state index is 6.08. The van der Waals surface area contributed by atoms with Crippen molar-refractivity contribution < 1.29 is 4.74 Å². The van der Waals surface area contributed by atoms with Crippen LogP contribution in [0.3, 0.4) is 0 Å². The normalized spacial score (nSPS) is 28.4. The minimum atomic E-state index is 0.166. The molecule has 1 aromatic carbocycles. The third-order valence-corrected chi connectivity index (χ3v) is 4.52. The Balaban J connectivity index is 1.58. The van der Waals surface area contributed by atoms with Crippen LogP contribution in [-0.2, 0) is 4.74 Å². The third kappa shape index (κ3) is 3.73. The standard InChI is InChI=1S/C16H23ClN2O/c17-15-5-1-4-14(9-15)16-12-19(7-8-20-16)11-13-3-2-6-18-10-13/h1,4-5,9,13,16,18H,2-3,6-8,10-12H2. The van der Waals surface area contributed by atoms with E-state index in [0.717, 1.165) is 30.6 Å². The monoisotopic (exact) mass is 294 g/mol. The zero-order valence-electron chi connectivity index (χ0n) is 11.9. The van der Waals surface area contributed by atoms with E-state index in [-0.39, 0.29) is 6.10 Å². The van der Waals surface area contributed by atoms with Crippen LogP contribution >= 0.6 is 11.6 Å². The van der Waals surface area contributed by atoms with Crippen LogP contribution in [0.1, 0.15) is 24.5 Å². The van der Waals surface area contributed by atoms with Crippen LogP contribution in [0.4, 0.5) is 0 Å². The van der Waals surface area contributed by atoms with Crippen molar-refractivity contribution in [2.24, 2.45) is 5.92 Å². The largest absolute Gasteiger partial charge is 0.371 e. The molecule has 1 N–H and O–H groups in total. The van der Waals surface area contributed by atoms with E-state index in [1.807, 2.05) is 18.2 Å². The van der Waals surface area contributed by atoms with Gasteiger partial charge in [-0.05, 0) is 49.5 Å². The number of piperidine rings is 1. The van der Waals surface area contributed by atoms with E-state index in [4.69, 9.17) is 16.3 Å². The predicted molar refractivity (Wildman–Crippen MR) is 82.2 cm³/mol. The molecular weight excluding hydrogens is 272 g/mol. The summed E-state index contributed by atoms with van der Waals surface area (Å²) in [5.41, 5.74) is 1.20. The van der Waals surface area contributed by atoms with Crippen molar-refractivity contribution in [3.63, 3.8) is 0 Å². The molecule has 3 rings (SSSR count). The van der Waals surface area contributed by atoms with Crippen LogP contribution < -0.4 is 5.32 Å². The second-order valence-electron chi connectivity index (χ2n) is 5.89. The molecule has 2 aliphatic rings. The highest BCUT2D eigenvalue weighted by Crippen LogP contribution is 2.25. The quantitative estimate of drug-likeness (QED) is 0.928. The Labute approximate surface area is 126 Å². The lowest BCUT2D eigenvalue weighted by Gasteiger charge is -2.36. The Morgan fingerprint density at radius 2 is 2.35 bits per heavy atom. The molecule has 3 nitrogen and oxygen atoms in total. The molecule has 2 atom stereocenters. The summed E-state index contributed by atoms with van der Waals surface area (Å²) in [5, 5.41) is 4.29. The van der Waals surface area contributed by atoms with Gasteiger partial charge < -0.3 is 10.1 Å². The second-order valence-corrected chi connectivity index (χ2v) is 6.32. The minimum absolute atomic E-state index is 0.166. The van der Waals surface area contributed by atoms with Crippen molar-refractivity contribution in [3.8, 4) is 0 Å². The summed E-state index contributed by atoms with van der Waals surface area (Å²) in [7, 11) is 0. The number of ether oxygens (including phenoxy) is 1. The number of hydrogen-bond donors (Lipinski definition) is 1. The molecule has 2 heterocycles. The highest BCUT2D eigenvalue weighted by atomic mass is 35.5. The predicted octanol–water partition coefficient (Wildman–Crippen LogP) is 2.71. The first-order chi connectivity index (χ1) is 9.81. The van der Waals surface area contributed by atoms with Gasteiger partial charge in [0.05, 0.1) is 12.7 Å². The number of nitrogens with one attached hydrogen (secondary N) is 1. The molecule has 2 aliphatic heterocycles. The molecule has 0 aromatic heterocycles. The molecule has 2 saturated heterocycles. The first-order valence-electron chi connectivity index (χ1n) is 7.61. The number of rotatable bonds is 3. The smallest absolute Gasteiger partial charge is 0.0952 e. The van der Waals surface area contributed by atoms with Crippen LogP contribution in [0.15, 0.2) is 24.3 Å². The van der Waals surface area contributed by atoms with E-state index in [1.54, 1.807) is 0 Å². The molecule has 2 fully saturated rings. The highest BCUT2D eigenvalue weighted by Gasteiger charge is 2.24. The Kier molecular flexibility index (Phi) is 4.94. The molecule has 4 heteroatoms. The number of hydrogen-bond acceptors (Lipinski definition) is 3. The summed E-state index contributed by atoms with van der Waals surface area (Å²) in [6.45, 7) is 6.39. The molecule has 20 heavy (non-hydrogen) atoms. The fourth-order valence-electron chi connectivity index (χ4n) is 3.22. The molecule has 0 aliphatic carbocycles. The Morgan fingerprint density at radius 1 is 1.40 bits per heavy atom. The molecular formula is C16H23ClN2O. The van der Waals surface area contributed by atoms with Gasteiger partial charge in [0, 0.05) is 24.7 Å². The number of halogens is 1. The fraction of sp³-hybridized carbons (Fsp3) is 0.625. The van der Waals surface area contributed by atoms with Crippen LogP contribution in [0, 0.1) is 5.92 Å². The highest BCUT2D eigenvalue weighted by molar-refractivity contribution is 6.30. The van der Waals surface area contributed by atoms with E-state index in [9.17, 15) is 0 Å². The van der Waals surface area contributed by atoms with Crippen LogP contribution in [0.25, 0.3) is 0 Å². The van der Waals surface area contributed by atoms with E-state index < -0.39 is 0 Å². The first-order valence-corrected chi connectivity index (χ1v) is 7.99. The molecule has 2 unspecified atom stereocenters. The van der Waals surface area contributed by atoms with Crippen LogP contribution in [-0.4, -0.2) is 44.2 Å². The van der Waals surface area contributed by atoms with Crippen molar-refractivity contribution in [1.82, 2.24) is 10.2 Å². The van der Waals surface area contributed by atoms with Crippen molar-refractivity contribution >= 4 is 11.6 Å². The Bertz CT molecular complexity index is 434. The summed E-state index contributed by atoms with van der Waals surface area (Å²) >= 11 is 6.08. The Hall–Kier alpha value is -0.610. The summed E-state index contributed by atoms with van der Waals surface area (Å²) in [5.74, 6) is 0.793. The second kappa shape index (κ2) is 6.90. The van der Waals surface area contributed by atoms with Gasteiger partial charge in [0.15, 0.2) is 0 Å². The molecule has 0 spiro atoms. The number of morpholine rings is 1. The van der Waals surface area contributed by atoms with Gasteiger partial charge in [-0.1, -0.05) is 23.7 Å². The summed E-state index contributed by atoms with van der Waals surface area (Å²) < 4.78 is 5.92. The lowest BCUT2D eigenvalue weighted by atomic mass is 9.98. The molecule has 1 aromatic rings. The van der Waals surface area contributed by atoms with Gasteiger partial charge in [-0.25, -0.2) is 0 Å². The van der Waals surface area contributed by atoms with E-state index in [2.05, 4.69) is 16.3 Å². The molecule has 0 radical (unpaired) electrons. The molecule has 0 saturated carbocycles. The van der Waals surface area contributed by atoms with Gasteiger partial charge in [0.2, 0.25) is 0 Å². The summed E-state index contributed by atoms with van der Waals surface area (Å²) in [4.78, 5) is 2.55. The average Bonchev–Trinajstić information content (AvgIpc) is 2.49. The van der Waals surface area contributed by atoms with Crippen molar-refractivity contribution in [3.05, 3.63) is 34.9 Å². The lowest BCUT2D eigenvalue weighted by Crippen LogP contribution is -2.44. The van der Waals surface area contributed by atoms with Crippen molar-refractivity contribution in [1.29, 1.82) is 0 Å². The SMILES string of the molecule is Clc1cccc(C2CN(CC3CCCNC3)CCO2)c1. The molecule has 110 valence electrons. The lowest BCUT2D eigenvalue weighted by molar-refractivity contribution is -0.0353. The maximum Gasteiger partial charge on any atom is 0.0952 e. The van der Waals surface area contributed by atoms with Crippen molar-refractivity contribution in [2.45, 2.75) is 18.9 Å². The number of nitrogens with zero attached hydrogens (tertiary/aromatic N) is 1. The third-order valence-electron chi connectivity index (χ3n) is 4.29. The van der Waals surface area contributed by atoms with Crippen LogP contribution in [0.2, 0.25) is 5.02 Å². The fourth-order valence-corrected chi connectivity index (χ4v) is 3.42. The number of benzene rings is 1. The summed E-state index contributed by atoms with van der Waals surface area (Å²) in [6.07, 6.45) is 2.83. The van der Waals surface area contributed by atoms with E-state index in [1.165, 1.54) is 38.0 Å². The van der Waals surface area contributed by atoms with Crippen LogP contribution in [0.5, 0.6) is 0 Å². The topological polar surface area (TPSA) is 24.5 Å². The zero-order chi connectivity index (χ0) is 13.8. The summed E-state index contributed by atoms with van der Waals surface area (Å²) in [6, 6.07) is 8.06. The van der Waals surface area contributed by atoms with E-state index >= 15 is 0 Å². The van der Waals surface area contributed by atoms with Crippen molar-refractivity contribution in [2.75, 3.05) is 39.3 Å². The maximum atomic E-state index is 6.08. The van der Waals surface area contributed by atoms with Gasteiger partial charge in [0.1, 0.15) is 0 Å². The average molecular weight is 295 g/mol. The van der Waals surface area contributed by atoms with E-state index in [0.29, 0.717) is 0 Å². The first kappa shape index (κ1) is 14.3.